The fraction of sp³-hybridized carbons (Fsp3) is 0.409. The number of aryl methyl sites for hydroxylation is 2. The van der Waals surface area contributed by atoms with E-state index in [1.165, 1.54) is 0 Å². The molecule has 2 aliphatic heterocycles. The average molecular weight is 419 g/mol. The van der Waals surface area contributed by atoms with Gasteiger partial charge in [-0.05, 0) is 32.0 Å². The van der Waals surface area contributed by atoms with Crippen molar-refractivity contribution < 1.29 is 9.53 Å². The number of nitrogens with one attached hydrogen (secondary N) is 1. The average Bonchev–Trinajstić information content (AvgIpc) is 3.48. The molecule has 1 amide bonds. The summed E-state index contributed by atoms with van der Waals surface area (Å²) < 4.78 is 5.51. The topological polar surface area (TPSA) is 100 Å². The number of fused-ring (bicyclic) bond motifs is 1. The van der Waals surface area contributed by atoms with Gasteiger partial charge in [0.05, 0.1) is 24.4 Å². The lowest BCUT2D eigenvalue weighted by Crippen LogP contribution is -2.34. The molecule has 4 heterocycles. The molecule has 0 spiro atoms. The maximum absolute atomic E-state index is 13.5. The van der Waals surface area contributed by atoms with E-state index in [-0.39, 0.29) is 5.91 Å². The number of likely N-dealkylation sites (tertiary alicyclic amines) is 1. The summed E-state index contributed by atoms with van der Waals surface area (Å²) in [6.45, 7) is 7.17. The summed E-state index contributed by atoms with van der Waals surface area (Å²) in [6.07, 6.45) is 1.61. The quantitative estimate of drug-likeness (QED) is 0.691. The van der Waals surface area contributed by atoms with Gasteiger partial charge in [-0.3, -0.25) is 4.79 Å². The van der Waals surface area contributed by atoms with Crippen molar-refractivity contribution >= 4 is 11.9 Å². The van der Waals surface area contributed by atoms with Crippen LogP contribution in [0.1, 0.15) is 21.7 Å². The molecule has 0 aliphatic carbocycles. The first-order valence-corrected chi connectivity index (χ1v) is 10.4. The minimum Gasteiger partial charge on any atom is -0.496 e. The molecule has 2 atom stereocenters. The summed E-state index contributed by atoms with van der Waals surface area (Å²) >= 11 is 0. The van der Waals surface area contributed by atoms with Crippen molar-refractivity contribution in [2.45, 2.75) is 13.8 Å². The fourth-order valence-corrected chi connectivity index (χ4v) is 4.81. The van der Waals surface area contributed by atoms with E-state index in [1.807, 2.05) is 43.0 Å². The Morgan fingerprint density at radius 1 is 1.10 bits per heavy atom. The minimum absolute atomic E-state index is 0.000463. The standard InChI is InChI=1S/C22H25N7O2/c1-13-7-14(2)25-22(24-13)29-11-15-9-28(10-16(15)12-29)21(30)17-5-4-6-19(31-3)20(17)18-8-23-27-26-18/h4-8,15-16H,9-12H2,1-3H3,(H,23,26,27). The summed E-state index contributed by atoms with van der Waals surface area (Å²) in [5.41, 5.74) is 3.82. The molecule has 1 aromatic carbocycles. The number of ether oxygens (including phenoxy) is 1. The number of carbonyl (C=O) groups excluding carboxylic acids is 1. The molecule has 0 saturated carbocycles. The van der Waals surface area contributed by atoms with Crippen LogP contribution < -0.4 is 9.64 Å². The lowest BCUT2D eigenvalue weighted by molar-refractivity contribution is 0.0783. The fourth-order valence-electron chi connectivity index (χ4n) is 4.81. The summed E-state index contributed by atoms with van der Waals surface area (Å²) in [7, 11) is 1.59. The van der Waals surface area contributed by atoms with Crippen LogP contribution in [0.2, 0.25) is 0 Å². The van der Waals surface area contributed by atoms with E-state index in [1.54, 1.807) is 13.3 Å². The van der Waals surface area contributed by atoms with E-state index in [0.29, 0.717) is 34.4 Å². The Labute approximate surface area is 180 Å². The largest absolute Gasteiger partial charge is 0.496 e. The summed E-state index contributed by atoms with van der Waals surface area (Å²) in [4.78, 5) is 26.9. The number of rotatable bonds is 4. The number of anilines is 1. The Hall–Kier alpha value is -3.49. The zero-order valence-electron chi connectivity index (χ0n) is 17.9. The molecule has 0 bridgehead atoms. The number of carbonyl (C=O) groups is 1. The molecule has 5 rings (SSSR count). The van der Waals surface area contributed by atoms with E-state index >= 15 is 0 Å². The van der Waals surface area contributed by atoms with Crippen LogP contribution >= 0.6 is 0 Å². The monoisotopic (exact) mass is 419 g/mol. The van der Waals surface area contributed by atoms with E-state index in [2.05, 4.69) is 30.3 Å². The van der Waals surface area contributed by atoms with Crippen molar-refractivity contribution in [3.63, 3.8) is 0 Å². The summed E-state index contributed by atoms with van der Waals surface area (Å²) in [5.74, 6) is 2.23. The van der Waals surface area contributed by atoms with Gasteiger partial charge in [0.25, 0.3) is 5.91 Å². The number of amides is 1. The van der Waals surface area contributed by atoms with Crippen molar-refractivity contribution in [2.24, 2.45) is 11.8 Å². The van der Waals surface area contributed by atoms with Crippen LogP contribution in [-0.4, -0.2) is 69.5 Å². The SMILES string of the molecule is COc1cccc(C(=O)N2CC3CN(c4nc(C)cc(C)n4)CC3C2)c1-c1cn[nH]n1. The van der Waals surface area contributed by atoms with Gasteiger partial charge < -0.3 is 14.5 Å². The van der Waals surface area contributed by atoms with Gasteiger partial charge in [0, 0.05) is 49.4 Å². The maximum Gasteiger partial charge on any atom is 0.254 e. The Kier molecular flexibility index (Phi) is 4.80. The van der Waals surface area contributed by atoms with Gasteiger partial charge in [-0.15, -0.1) is 0 Å². The first kappa shape index (κ1) is 19.5. The van der Waals surface area contributed by atoms with E-state index in [0.717, 1.165) is 43.5 Å². The number of benzene rings is 1. The van der Waals surface area contributed by atoms with Gasteiger partial charge in [-0.2, -0.15) is 15.4 Å². The maximum atomic E-state index is 13.5. The molecule has 31 heavy (non-hydrogen) atoms. The zero-order valence-corrected chi connectivity index (χ0v) is 17.9. The third kappa shape index (κ3) is 3.49. The molecule has 9 heteroatoms. The van der Waals surface area contributed by atoms with Crippen LogP contribution in [0.25, 0.3) is 11.3 Å². The number of H-pyrrole nitrogens is 1. The first-order valence-electron chi connectivity index (χ1n) is 10.4. The van der Waals surface area contributed by atoms with E-state index in [4.69, 9.17) is 4.74 Å². The van der Waals surface area contributed by atoms with Crippen LogP contribution in [0.5, 0.6) is 5.75 Å². The second-order valence-electron chi connectivity index (χ2n) is 8.32. The van der Waals surface area contributed by atoms with Gasteiger partial charge in [0.2, 0.25) is 5.95 Å². The molecule has 0 radical (unpaired) electrons. The van der Waals surface area contributed by atoms with Crippen molar-refractivity contribution in [3.05, 3.63) is 47.4 Å². The van der Waals surface area contributed by atoms with Crippen LogP contribution in [0, 0.1) is 25.7 Å². The first-order chi connectivity index (χ1) is 15.0. The molecule has 160 valence electrons. The van der Waals surface area contributed by atoms with E-state index < -0.39 is 0 Å². The molecular formula is C22H25N7O2. The highest BCUT2D eigenvalue weighted by atomic mass is 16.5. The Bertz CT molecular complexity index is 1080. The summed E-state index contributed by atoms with van der Waals surface area (Å²) in [5, 5.41) is 10.7. The van der Waals surface area contributed by atoms with Crippen molar-refractivity contribution in [3.8, 4) is 17.0 Å². The molecule has 2 aromatic heterocycles. The predicted molar refractivity (Wildman–Crippen MR) is 115 cm³/mol. The number of aromatic nitrogens is 5. The number of hydrogen-bond donors (Lipinski definition) is 1. The Morgan fingerprint density at radius 3 is 2.42 bits per heavy atom. The van der Waals surface area contributed by atoms with Crippen LogP contribution in [0.15, 0.2) is 30.5 Å². The third-order valence-corrected chi connectivity index (χ3v) is 6.17. The molecule has 1 N–H and O–H groups in total. The highest BCUT2D eigenvalue weighted by molar-refractivity contribution is 6.02. The van der Waals surface area contributed by atoms with Gasteiger partial charge in [0.1, 0.15) is 11.4 Å². The normalized spacial score (nSPS) is 20.2. The van der Waals surface area contributed by atoms with Crippen molar-refractivity contribution in [2.75, 3.05) is 38.2 Å². The number of hydrogen-bond acceptors (Lipinski definition) is 7. The predicted octanol–water partition coefficient (Wildman–Crippen LogP) is 2.10. The van der Waals surface area contributed by atoms with Gasteiger partial charge in [-0.25, -0.2) is 9.97 Å². The molecule has 9 nitrogen and oxygen atoms in total. The molecule has 2 aliphatic rings. The zero-order chi connectivity index (χ0) is 21.5. The second kappa shape index (κ2) is 7.64. The number of nitrogens with zero attached hydrogens (tertiary/aromatic N) is 6. The molecule has 2 fully saturated rings. The molecule has 2 saturated heterocycles. The van der Waals surface area contributed by atoms with Crippen molar-refractivity contribution in [1.82, 2.24) is 30.3 Å². The van der Waals surface area contributed by atoms with Crippen LogP contribution in [0.4, 0.5) is 5.95 Å². The van der Waals surface area contributed by atoms with Gasteiger partial charge >= 0.3 is 0 Å². The minimum atomic E-state index is 0.000463. The van der Waals surface area contributed by atoms with Gasteiger partial charge in [0.15, 0.2) is 0 Å². The number of methoxy groups -OCH3 is 1. The Balaban J connectivity index is 1.35. The lowest BCUT2D eigenvalue weighted by Gasteiger charge is -2.23. The molecular weight excluding hydrogens is 394 g/mol. The van der Waals surface area contributed by atoms with Crippen molar-refractivity contribution in [1.29, 1.82) is 0 Å². The van der Waals surface area contributed by atoms with E-state index in [9.17, 15) is 4.79 Å². The second-order valence-corrected chi connectivity index (χ2v) is 8.32. The molecule has 3 aromatic rings. The van der Waals surface area contributed by atoms with Crippen LogP contribution in [0.3, 0.4) is 0 Å². The highest BCUT2D eigenvalue weighted by Gasteiger charge is 2.43. The lowest BCUT2D eigenvalue weighted by atomic mass is 10.0. The highest BCUT2D eigenvalue weighted by Crippen LogP contribution is 2.36. The van der Waals surface area contributed by atoms with Crippen LogP contribution in [-0.2, 0) is 0 Å². The number of aromatic amines is 1. The Morgan fingerprint density at radius 2 is 1.81 bits per heavy atom. The summed E-state index contributed by atoms with van der Waals surface area (Å²) in [6, 6.07) is 7.49. The third-order valence-electron chi connectivity index (χ3n) is 6.17. The molecule has 2 unspecified atom stereocenters. The van der Waals surface area contributed by atoms with Gasteiger partial charge in [-0.1, -0.05) is 6.07 Å². The smallest absolute Gasteiger partial charge is 0.254 e.